The Hall–Kier alpha value is -1.26. The zero-order valence-electron chi connectivity index (χ0n) is 14.4. The molecular weight excluding hydrogens is 268 g/mol. The molecule has 0 aromatic rings. The average Bonchev–Trinajstić information content (AvgIpc) is 2.33. The third-order valence-electron chi connectivity index (χ3n) is 3.20. The molecule has 5 nitrogen and oxygen atoms in total. The molecule has 5 heteroatoms. The number of carbonyl (C=O) groups is 2. The van der Waals surface area contributed by atoms with E-state index < -0.39 is 0 Å². The summed E-state index contributed by atoms with van der Waals surface area (Å²) in [5.41, 5.74) is -0.0278. The number of amides is 2. The van der Waals surface area contributed by atoms with Gasteiger partial charge in [0.25, 0.3) is 0 Å². The van der Waals surface area contributed by atoms with Crippen LogP contribution in [0.15, 0.2) is 0 Å². The highest BCUT2D eigenvalue weighted by atomic mass is 16.6. The molecule has 1 fully saturated rings. The fourth-order valence-electron chi connectivity index (χ4n) is 2.07. The van der Waals surface area contributed by atoms with Gasteiger partial charge in [0.15, 0.2) is 0 Å². The van der Waals surface area contributed by atoms with Crippen LogP contribution in [0.25, 0.3) is 0 Å². The molecular formula is C16H30N2O3. The van der Waals surface area contributed by atoms with Gasteiger partial charge in [0, 0.05) is 32.6 Å². The predicted molar refractivity (Wildman–Crippen MR) is 83.0 cm³/mol. The van der Waals surface area contributed by atoms with Crippen LogP contribution in [0, 0.1) is 10.8 Å². The Balaban J connectivity index is 2.38. The topological polar surface area (TPSA) is 49.9 Å². The number of hydrogen-bond acceptors (Lipinski definition) is 3. The van der Waals surface area contributed by atoms with E-state index in [0.29, 0.717) is 39.2 Å². The summed E-state index contributed by atoms with van der Waals surface area (Å²) >= 11 is 0. The van der Waals surface area contributed by atoms with Crippen molar-refractivity contribution in [1.29, 1.82) is 0 Å². The summed E-state index contributed by atoms with van der Waals surface area (Å²) in [5, 5.41) is 0. The second kappa shape index (κ2) is 6.67. The third kappa shape index (κ3) is 6.82. The van der Waals surface area contributed by atoms with Crippen LogP contribution in [-0.2, 0) is 9.53 Å². The van der Waals surface area contributed by atoms with Crippen molar-refractivity contribution < 1.29 is 14.3 Å². The van der Waals surface area contributed by atoms with Crippen molar-refractivity contribution >= 4 is 12.0 Å². The lowest BCUT2D eigenvalue weighted by Crippen LogP contribution is -2.51. The molecule has 0 aliphatic carbocycles. The van der Waals surface area contributed by atoms with E-state index >= 15 is 0 Å². The summed E-state index contributed by atoms with van der Waals surface area (Å²) in [6.45, 7) is 15.0. The van der Waals surface area contributed by atoms with Crippen molar-refractivity contribution in [2.75, 3.05) is 32.8 Å². The summed E-state index contributed by atoms with van der Waals surface area (Å²) in [5.74, 6) is 0.171. The first-order valence-corrected chi connectivity index (χ1v) is 7.67. The predicted octanol–water partition coefficient (Wildman–Crippen LogP) is 2.75. The van der Waals surface area contributed by atoms with Crippen molar-refractivity contribution in [3.8, 4) is 0 Å². The molecule has 0 radical (unpaired) electrons. The van der Waals surface area contributed by atoms with E-state index in [9.17, 15) is 9.59 Å². The molecule has 122 valence electrons. The molecule has 2 amide bonds. The molecule has 0 N–H and O–H groups in total. The van der Waals surface area contributed by atoms with Crippen LogP contribution in [0.1, 0.15) is 48.0 Å². The van der Waals surface area contributed by atoms with Crippen LogP contribution < -0.4 is 0 Å². The smallest absolute Gasteiger partial charge is 0.409 e. The van der Waals surface area contributed by atoms with Crippen LogP contribution in [0.5, 0.6) is 0 Å². The Morgan fingerprint density at radius 2 is 1.33 bits per heavy atom. The molecule has 0 atom stereocenters. The van der Waals surface area contributed by atoms with Crippen molar-refractivity contribution in [2.24, 2.45) is 10.8 Å². The first kappa shape index (κ1) is 17.8. The highest BCUT2D eigenvalue weighted by Crippen LogP contribution is 2.20. The molecule has 0 unspecified atom stereocenters. The lowest BCUT2D eigenvalue weighted by atomic mass is 9.91. The molecule has 0 bridgehead atoms. The fourth-order valence-corrected chi connectivity index (χ4v) is 2.07. The highest BCUT2D eigenvalue weighted by molar-refractivity contribution is 5.77. The quantitative estimate of drug-likeness (QED) is 0.787. The summed E-state index contributed by atoms with van der Waals surface area (Å²) in [6.07, 6.45) is 0.273. The van der Waals surface area contributed by atoms with Gasteiger partial charge in [-0.2, -0.15) is 0 Å². The molecule has 0 spiro atoms. The minimum Gasteiger partial charge on any atom is -0.449 e. The van der Waals surface area contributed by atoms with Gasteiger partial charge in [0.1, 0.15) is 0 Å². The molecule has 1 aliphatic rings. The Bertz CT molecular complexity index is 372. The molecule has 0 aromatic heterocycles. The lowest BCUT2D eigenvalue weighted by molar-refractivity contribution is -0.134. The van der Waals surface area contributed by atoms with E-state index in [2.05, 4.69) is 20.8 Å². The Kier molecular flexibility index (Phi) is 5.65. The number of ether oxygens (including phenoxy) is 1. The van der Waals surface area contributed by atoms with Crippen molar-refractivity contribution in [3.05, 3.63) is 0 Å². The van der Waals surface area contributed by atoms with Crippen molar-refractivity contribution in [2.45, 2.75) is 48.0 Å². The van der Waals surface area contributed by atoms with Crippen LogP contribution in [0.3, 0.4) is 0 Å². The normalized spacial score (nSPS) is 16.9. The van der Waals surface area contributed by atoms with Gasteiger partial charge < -0.3 is 14.5 Å². The zero-order chi connectivity index (χ0) is 16.3. The SMILES string of the molecule is CC(C)(C)COC(=O)N1CCN(C(=O)CC(C)(C)C)CC1. The number of rotatable bonds is 2. The summed E-state index contributed by atoms with van der Waals surface area (Å²) in [7, 11) is 0. The van der Waals surface area contributed by atoms with Crippen LogP contribution in [-0.4, -0.2) is 54.6 Å². The largest absolute Gasteiger partial charge is 0.449 e. The molecule has 0 saturated carbocycles. The zero-order valence-corrected chi connectivity index (χ0v) is 14.4. The standard InChI is InChI=1S/C16H30N2O3/c1-15(2,3)11-13(19)17-7-9-18(10-8-17)14(20)21-12-16(4,5)6/h7-12H2,1-6H3. The van der Waals surface area contributed by atoms with E-state index in [1.807, 2.05) is 25.7 Å². The summed E-state index contributed by atoms with van der Waals surface area (Å²) in [6, 6.07) is 0. The maximum Gasteiger partial charge on any atom is 0.409 e. The maximum atomic E-state index is 12.1. The molecule has 0 aromatic carbocycles. The van der Waals surface area contributed by atoms with Gasteiger partial charge in [-0.25, -0.2) is 4.79 Å². The minimum absolute atomic E-state index is 0.000142. The van der Waals surface area contributed by atoms with E-state index in [1.54, 1.807) is 4.90 Å². The second-order valence-corrected chi connectivity index (χ2v) is 8.22. The molecule has 1 rings (SSSR count). The van der Waals surface area contributed by atoms with Crippen molar-refractivity contribution in [3.63, 3.8) is 0 Å². The van der Waals surface area contributed by atoms with Gasteiger partial charge in [-0.05, 0) is 10.8 Å². The van der Waals surface area contributed by atoms with E-state index in [4.69, 9.17) is 4.74 Å². The summed E-state index contributed by atoms with van der Waals surface area (Å²) in [4.78, 5) is 27.6. The molecule has 21 heavy (non-hydrogen) atoms. The number of hydrogen-bond donors (Lipinski definition) is 0. The van der Waals surface area contributed by atoms with Gasteiger partial charge in [-0.1, -0.05) is 41.5 Å². The third-order valence-corrected chi connectivity index (χ3v) is 3.20. The van der Waals surface area contributed by atoms with Gasteiger partial charge >= 0.3 is 6.09 Å². The Labute approximate surface area is 128 Å². The van der Waals surface area contributed by atoms with E-state index in [1.165, 1.54) is 0 Å². The van der Waals surface area contributed by atoms with Gasteiger partial charge in [0.2, 0.25) is 5.91 Å². The molecule has 1 saturated heterocycles. The maximum absolute atomic E-state index is 12.1. The lowest BCUT2D eigenvalue weighted by Gasteiger charge is -2.35. The monoisotopic (exact) mass is 298 g/mol. The number of carbonyl (C=O) groups excluding carboxylic acids is 2. The Morgan fingerprint density at radius 3 is 1.76 bits per heavy atom. The molecule has 1 heterocycles. The van der Waals surface area contributed by atoms with Crippen molar-refractivity contribution in [1.82, 2.24) is 9.80 Å². The number of piperazine rings is 1. The number of nitrogens with zero attached hydrogens (tertiary/aromatic N) is 2. The van der Waals surface area contributed by atoms with Crippen LogP contribution >= 0.6 is 0 Å². The second-order valence-electron chi connectivity index (χ2n) is 8.22. The van der Waals surface area contributed by atoms with Gasteiger partial charge in [0.05, 0.1) is 6.61 Å². The van der Waals surface area contributed by atoms with E-state index in [0.717, 1.165) is 0 Å². The van der Waals surface area contributed by atoms with E-state index in [-0.39, 0.29) is 22.8 Å². The first-order valence-electron chi connectivity index (χ1n) is 7.67. The molecule has 1 aliphatic heterocycles. The van der Waals surface area contributed by atoms with Crippen LogP contribution in [0.2, 0.25) is 0 Å². The summed E-state index contributed by atoms with van der Waals surface area (Å²) < 4.78 is 5.31. The minimum atomic E-state index is -0.271. The van der Waals surface area contributed by atoms with Gasteiger partial charge in [-0.3, -0.25) is 4.79 Å². The first-order chi connectivity index (χ1) is 9.48. The average molecular weight is 298 g/mol. The highest BCUT2D eigenvalue weighted by Gasteiger charge is 2.27. The van der Waals surface area contributed by atoms with Crippen LogP contribution in [0.4, 0.5) is 4.79 Å². The Morgan fingerprint density at radius 1 is 0.857 bits per heavy atom. The van der Waals surface area contributed by atoms with Gasteiger partial charge in [-0.15, -0.1) is 0 Å². The fraction of sp³-hybridized carbons (Fsp3) is 0.875.